The Hall–Kier alpha value is -1.82. The van der Waals surface area contributed by atoms with E-state index in [0.29, 0.717) is 12.3 Å². The van der Waals surface area contributed by atoms with Gasteiger partial charge in [0.05, 0.1) is 6.10 Å². The Labute approximate surface area is 142 Å². The summed E-state index contributed by atoms with van der Waals surface area (Å²) in [5, 5.41) is 0. The maximum atomic E-state index is 12.3. The van der Waals surface area contributed by atoms with Gasteiger partial charge in [0.2, 0.25) is 11.8 Å². The van der Waals surface area contributed by atoms with E-state index in [-0.39, 0.29) is 17.9 Å². The van der Waals surface area contributed by atoms with Gasteiger partial charge in [-0.3, -0.25) is 9.59 Å². The fourth-order valence-corrected chi connectivity index (χ4v) is 3.83. The second kappa shape index (κ2) is 7.83. The molecule has 2 atom stereocenters. The van der Waals surface area contributed by atoms with E-state index in [0.717, 1.165) is 51.7 Å². The summed E-state index contributed by atoms with van der Waals surface area (Å²) in [5.74, 6) is 0.342. The van der Waals surface area contributed by atoms with Crippen LogP contribution in [0.1, 0.15) is 38.5 Å². The molecule has 1 aromatic heterocycles. The number of ether oxygens (including phenoxy) is 1. The van der Waals surface area contributed by atoms with Crippen LogP contribution in [-0.2, 0) is 20.9 Å². The molecule has 24 heavy (non-hydrogen) atoms. The predicted molar refractivity (Wildman–Crippen MR) is 90.1 cm³/mol. The van der Waals surface area contributed by atoms with Crippen molar-refractivity contribution in [2.45, 2.75) is 57.3 Å². The van der Waals surface area contributed by atoms with Crippen LogP contribution in [0.2, 0.25) is 0 Å². The van der Waals surface area contributed by atoms with Crippen LogP contribution in [0.3, 0.4) is 0 Å². The second-order valence-electron chi connectivity index (χ2n) is 6.89. The summed E-state index contributed by atoms with van der Waals surface area (Å²) in [6.45, 7) is 2.49. The first kappa shape index (κ1) is 17.0. The Morgan fingerprint density at radius 2 is 1.79 bits per heavy atom. The van der Waals surface area contributed by atoms with Crippen molar-refractivity contribution in [3.63, 3.8) is 0 Å². The van der Waals surface area contributed by atoms with Crippen molar-refractivity contribution in [2.75, 3.05) is 13.1 Å². The number of amides is 2. The Morgan fingerprint density at radius 1 is 1.08 bits per heavy atom. The Kier molecular flexibility index (Phi) is 5.56. The molecule has 0 saturated carbocycles. The van der Waals surface area contributed by atoms with E-state index in [4.69, 9.17) is 10.5 Å². The Balaban J connectivity index is 1.37. The van der Waals surface area contributed by atoms with Crippen molar-refractivity contribution < 1.29 is 14.3 Å². The molecule has 2 saturated heterocycles. The molecule has 6 nitrogen and oxygen atoms in total. The lowest BCUT2D eigenvalue weighted by Crippen LogP contribution is -2.41. The van der Waals surface area contributed by atoms with Gasteiger partial charge in [-0.2, -0.15) is 0 Å². The minimum absolute atomic E-state index is 0.133. The van der Waals surface area contributed by atoms with Crippen LogP contribution in [0.5, 0.6) is 0 Å². The first-order valence-electron chi connectivity index (χ1n) is 8.97. The van der Waals surface area contributed by atoms with Gasteiger partial charge in [-0.1, -0.05) is 0 Å². The van der Waals surface area contributed by atoms with Crippen LogP contribution in [0.4, 0.5) is 0 Å². The van der Waals surface area contributed by atoms with Crippen LogP contribution in [0, 0.1) is 5.92 Å². The first-order chi connectivity index (χ1) is 11.6. The minimum atomic E-state index is -0.414. The number of aryl methyl sites for hydroxylation is 1. The molecule has 0 aromatic carbocycles. The predicted octanol–water partition coefficient (Wildman–Crippen LogP) is 1.54. The third-order valence-electron chi connectivity index (χ3n) is 5.26. The molecular weight excluding hydrogens is 306 g/mol. The number of hydrogen-bond acceptors (Lipinski definition) is 3. The fourth-order valence-electron chi connectivity index (χ4n) is 3.83. The van der Waals surface area contributed by atoms with Crippen LogP contribution < -0.4 is 5.73 Å². The summed E-state index contributed by atoms with van der Waals surface area (Å²) in [4.78, 5) is 25.5. The van der Waals surface area contributed by atoms with Crippen molar-refractivity contribution in [3.8, 4) is 0 Å². The highest BCUT2D eigenvalue weighted by molar-refractivity contribution is 5.79. The van der Waals surface area contributed by atoms with E-state index in [1.807, 2.05) is 29.4 Å². The van der Waals surface area contributed by atoms with E-state index < -0.39 is 6.10 Å². The molecule has 3 heterocycles. The number of hydrogen-bond donors (Lipinski definition) is 1. The zero-order valence-electron chi connectivity index (χ0n) is 14.1. The first-order valence-corrected chi connectivity index (χ1v) is 8.97. The van der Waals surface area contributed by atoms with Crippen LogP contribution in [0.25, 0.3) is 0 Å². The SMILES string of the molecule is NC(=O)[C@H]1CC[C@@H](C2CCN(C(=O)CCCn3cccc3)CC2)O1. The normalized spacial score (nSPS) is 25.1. The van der Waals surface area contributed by atoms with E-state index in [1.165, 1.54) is 0 Å². The molecule has 0 spiro atoms. The molecular formula is C18H27N3O3. The number of rotatable bonds is 6. The van der Waals surface area contributed by atoms with E-state index in [1.54, 1.807) is 0 Å². The van der Waals surface area contributed by atoms with Gasteiger partial charge in [-0.05, 0) is 50.2 Å². The molecule has 1 aromatic rings. The van der Waals surface area contributed by atoms with Gasteiger partial charge >= 0.3 is 0 Å². The molecule has 0 unspecified atom stereocenters. The van der Waals surface area contributed by atoms with Crippen molar-refractivity contribution in [1.29, 1.82) is 0 Å². The maximum absolute atomic E-state index is 12.3. The minimum Gasteiger partial charge on any atom is -0.367 e. The summed E-state index contributed by atoms with van der Waals surface area (Å²) in [6, 6.07) is 4.00. The maximum Gasteiger partial charge on any atom is 0.246 e. The monoisotopic (exact) mass is 333 g/mol. The van der Waals surface area contributed by atoms with E-state index in [9.17, 15) is 9.59 Å². The third kappa shape index (κ3) is 4.17. The Morgan fingerprint density at radius 3 is 2.42 bits per heavy atom. The Bertz CT molecular complexity index is 550. The lowest BCUT2D eigenvalue weighted by atomic mass is 9.89. The second-order valence-corrected chi connectivity index (χ2v) is 6.89. The lowest BCUT2D eigenvalue weighted by molar-refractivity contribution is -0.134. The highest BCUT2D eigenvalue weighted by Gasteiger charge is 2.36. The molecule has 3 rings (SSSR count). The zero-order chi connectivity index (χ0) is 16.9. The molecule has 0 radical (unpaired) electrons. The van der Waals surface area contributed by atoms with Crippen molar-refractivity contribution in [2.24, 2.45) is 11.7 Å². The number of piperidine rings is 1. The number of aromatic nitrogens is 1. The average Bonchev–Trinajstić information content (AvgIpc) is 3.26. The number of nitrogens with two attached hydrogens (primary N) is 1. The van der Waals surface area contributed by atoms with Crippen LogP contribution in [-0.4, -0.2) is 46.6 Å². The summed E-state index contributed by atoms with van der Waals surface area (Å²) >= 11 is 0. The van der Waals surface area contributed by atoms with Gasteiger partial charge in [0.25, 0.3) is 0 Å². The van der Waals surface area contributed by atoms with Gasteiger partial charge in [0.1, 0.15) is 6.10 Å². The molecule has 6 heteroatoms. The average molecular weight is 333 g/mol. The standard InChI is InChI=1S/C18H27N3O3/c19-18(23)16-6-5-15(24-16)14-7-12-21(13-8-14)17(22)4-3-11-20-9-1-2-10-20/h1-2,9-10,14-16H,3-8,11-13H2,(H2,19,23)/t15-,16+/m0/s1. The van der Waals surface area contributed by atoms with Gasteiger partial charge in [0, 0.05) is 38.4 Å². The highest BCUT2D eigenvalue weighted by Crippen LogP contribution is 2.31. The molecule has 2 fully saturated rings. The number of carbonyl (C=O) groups excluding carboxylic acids is 2. The van der Waals surface area contributed by atoms with E-state index >= 15 is 0 Å². The third-order valence-corrected chi connectivity index (χ3v) is 5.26. The van der Waals surface area contributed by atoms with E-state index in [2.05, 4.69) is 4.57 Å². The topological polar surface area (TPSA) is 77.6 Å². The summed E-state index contributed by atoms with van der Waals surface area (Å²) in [5.41, 5.74) is 5.31. The molecule has 0 aliphatic carbocycles. The van der Waals surface area contributed by atoms with Crippen molar-refractivity contribution in [1.82, 2.24) is 9.47 Å². The van der Waals surface area contributed by atoms with Crippen LogP contribution in [0.15, 0.2) is 24.5 Å². The quantitative estimate of drug-likeness (QED) is 0.858. The summed E-state index contributed by atoms with van der Waals surface area (Å²) in [6.07, 6.45) is 8.80. The molecule has 2 aliphatic heterocycles. The van der Waals surface area contributed by atoms with Gasteiger partial charge in [-0.25, -0.2) is 0 Å². The largest absolute Gasteiger partial charge is 0.367 e. The van der Waals surface area contributed by atoms with Gasteiger partial charge in [0.15, 0.2) is 0 Å². The molecule has 2 N–H and O–H groups in total. The van der Waals surface area contributed by atoms with Gasteiger partial charge < -0.3 is 19.9 Å². The van der Waals surface area contributed by atoms with Crippen molar-refractivity contribution in [3.05, 3.63) is 24.5 Å². The molecule has 2 amide bonds. The molecule has 2 aliphatic rings. The van der Waals surface area contributed by atoms with Crippen molar-refractivity contribution >= 4 is 11.8 Å². The molecule has 132 valence electrons. The van der Waals surface area contributed by atoms with Crippen LogP contribution >= 0.6 is 0 Å². The number of likely N-dealkylation sites (tertiary alicyclic amines) is 1. The number of carbonyl (C=O) groups is 2. The smallest absolute Gasteiger partial charge is 0.246 e. The lowest BCUT2D eigenvalue weighted by Gasteiger charge is -2.34. The zero-order valence-corrected chi connectivity index (χ0v) is 14.1. The fraction of sp³-hybridized carbons (Fsp3) is 0.667. The van der Waals surface area contributed by atoms with Gasteiger partial charge in [-0.15, -0.1) is 0 Å². The summed E-state index contributed by atoms with van der Waals surface area (Å²) in [7, 11) is 0. The number of nitrogens with zero attached hydrogens (tertiary/aromatic N) is 2. The summed E-state index contributed by atoms with van der Waals surface area (Å²) < 4.78 is 7.89. The molecule has 0 bridgehead atoms. The highest BCUT2D eigenvalue weighted by atomic mass is 16.5. The number of primary amides is 1.